The lowest BCUT2D eigenvalue weighted by Gasteiger charge is -2.25. The first-order valence-electron chi connectivity index (χ1n) is 13.2. The van der Waals surface area contributed by atoms with Crippen LogP contribution in [0, 0.1) is 5.92 Å². The van der Waals surface area contributed by atoms with E-state index in [-0.39, 0.29) is 29.8 Å². The average molecular weight is 553 g/mol. The Hall–Kier alpha value is -3.66. The minimum Gasteiger partial charge on any atom is -0.508 e. The summed E-state index contributed by atoms with van der Waals surface area (Å²) in [4.78, 5) is 26.4. The van der Waals surface area contributed by atoms with Crippen molar-refractivity contribution < 1.29 is 43.1 Å². The fourth-order valence-corrected chi connectivity index (χ4v) is 4.62. The van der Waals surface area contributed by atoms with Crippen molar-refractivity contribution in [1.29, 1.82) is 0 Å². The maximum absolute atomic E-state index is 13.4. The van der Waals surface area contributed by atoms with Crippen LogP contribution in [-0.4, -0.2) is 61.2 Å². The Morgan fingerprint density at radius 3 is 2.58 bits per heavy atom. The van der Waals surface area contributed by atoms with E-state index in [0.717, 1.165) is 0 Å². The first-order valence-corrected chi connectivity index (χ1v) is 13.2. The molecule has 1 fully saturated rings. The Kier molecular flexibility index (Phi) is 9.29. The zero-order valence-corrected chi connectivity index (χ0v) is 23.4. The molecule has 0 aromatic heterocycles. The number of phenolic OH excluding ortho intramolecular Hbond substituents is 1. The van der Waals surface area contributed by atoms with Crippen LogP contribution >= 0.6 is 0 Å². The third kappa shape index (κ3) is 7.10. The van der Waals surface area contributed by atoms with Crippen molar-refractivity contribution in [3.8, 4) is 11.5 Å². The number of aromatic hydroxyl groups is 1. The van der Waals surface area contributed by atoms with Gasteiger partial charge in [-0.1, -0.05) is 43.4 Å². The lowest BCUT2D eigenvalue weighted by Crippen LogP contribution is -2.37. The SMILES string of the molecule is COCOc1cc(O)cc2c1C(=O)O[C@@H](C)[C@H](C)/C=C\C(OC(=O)c1ccccc1)[C@H]1OC(C)(C)O[C@H]1CC=C2. The van der Waals surface area contributed by atoms with Gasteiger partial charge in [0.05, 0.1) is 11.7 Å². The van der Waals surface area contributed by atoms with Crippen LogP contribution in [0.3, 0.4) is 0 Å². The van der Waals surface area contributed by atoms with Crippen LogP contribution in [-0.2, 0) is 23.7 Å². The number of methoxy groups -OCH3 is 1. The van der Waals surface area contributed by atoms with E-state index >= 15 is 0 Å². The van der Waals surface area contributed by atoms with Gasteiger partial charge in [0.15, 0.2) is 12.6 Å². The summed E-state index contributed by atoms with van der Waals surface area (Å²) in [6, 6.07) is 11.6. The molecule has 5 atom stereocenters. The number of hydrogen-bond donors (Lipinski definition) is 1. The molecule has 0 saturated carbocycles. The van der Waals surface area contributed by atoms with Crippen LogP contribution in [0.15, 0.2) is 60.7 Å². The van der Waals surface area contributed by atoms with Gasteiger partial charge in [-0.05, 0) is 57.0 Å². The lowest BCUT2D eigenvalue weighted by molar-refractivity contribution is -0.152. The van der Waals surface area contributed by atoms with Crippen molar-refractivity contribution >= 4 is 18.0 Å². The Labute approximate surface area is 234 Å². The zero-order chi connectivity index (χ0) is 28.9. The highest BCUT2D eigenvalue weighted by atomic mass is 16.8. The number of carbonyl (C=O) groups excluding carboxylic acids is 2. The van der Waals surface area contributed by atoms with Crippen molar-refractivity contribution in [2.24, 2.45) is 5.92 Å². The lowest BCUT2D eigenvalue weighted by atomic mass is 9.98. The summed E-state index contributed by atoms with van der Waals surface area (Å²) in [5.41, 5.74) is 0.995. The molecule has 2 aliphatic heterocycles. The molecule has 9 heteroatoms. The van der Waals surface area contributed by atoms with E-state index < -0.39 is 42.1 Å². The molecule has 1 saturated heterocycles. The molecule has 2 heterocycles. The zero-order valence-electron chi connectivity index (χ0n) is 23.4. The predicted octanol–water partition coefficient (Wildman–Crippen LogP) is 5.28. The van der Waals surface area contributed by atoms with Crippen LogP contribution in [0.1, 0.15) is 60.4 Å². The minimum absolute atomic E-state index is 0.0832. The standard InChI is InChI=1S/C31H36O9/c1-19-14-15-24(38-29(33)21-10-7-6-8-11-21)28-25(39-31(3,4)40-28)13-9-12-22-16-23(32)17-26(36-18-35-5)27(22)30(34)37-20(19)2/h6-12,14-17,19-20,24-25,28,32H,13,18H2,1-5H3/b12-9?,15-14-/t19-,20+,24?,25+,28-/m1/s1. The normalized spacial score (nSPS) is 27.0. The maximum Gasteiger partial charge on any atom is 0.342 e. The van der Waals surface area contributed by atoms with E-state index in [1.807, 2.05) is 39.0 Å². The third-order valence-corrected chi connectivity index (χ3v) is 6.76. The quantitative estimate of drug-likeness (QED) is 0.301. The highest BCUT2D eigenvalue weighted by Crippen LogP contribution is 2.35. The monoisotopic (exact) mass is 552 g/mol. The first kappa shape index (κ1) is 29.3. The molecule has 40 heavy (non-hydrogen) atoms. The summed E-state index contributed by atoms with van der Waals surface area (Å²) in [6.45, 7) is 7.16. The van der Waals surface area contributed by atoms with Gasteiger partial charge in [0.2, 0.25) is 0 Å². The topological polar surface area (TPSA) is 110 Å². The van der Waals surface area contributed by atoms with Gasteiger partial charge in [-0.25, -0.2) is 9.59 Å². The number of carbonyl (C=O) groups is 2. The third-order valence-electron chi connectivity index (χ3n) is 6.76. The first-order chi connectivity index (χ1) is 19.1. The van der Waals surface area contributed by atoms with Crippen molar-refractivity contribution in [1.82, 2.24) is 0 Å². The van der Waals surface area contributed by atoms with Crippen molar-refractivity contribution in [2.45, 2.75) is 64.3 Å². The summed E-state index contributed by atoms with van der Waals surface area (Å²) >= 11 is 0. The van der Waals surface area contributed by atoms with Gasteiger partial charge < -0.3 is 33.5 Å². The molecule has 214 valence electrons. The van der Waals surface area contributed by atoms with Crippen LogP contribution in [0.5, 0.6) is 11.5 Å². The van der Waals surface area contributed by atoms with Crippen LogP contribution in [0.4, 0.5) is 0 Å². The molecule has 9 nitrogen and oxygen atoms in total. The van der Waals surface area contributed by atoms with E-state index in [1.165, 1.54) is 19.2 Å². The maximum atomic E-state index is 13.4. The van der Waals surface area contributed by atoms with E-state index in [4.69, 9.17) is 28.4 Å². The van der Waals surface area contributed by atoms with Gasteiger partial charge in [0.1, 0.15) is 35.4 Å². The van der Waals surface area contributed by atoms with Gasteiger partial charge >= 0.3 is 11.9 Å². The molecule has 1 N–H and O–H groups in total. The molecular formula is C31H36O9. The fraction of sp³-hybridized carbons (Fsp3) is 0.419. The molecule has 2 aromatic rings. The van der Waals surface area contributed by atoms with Crippen LogP contribution in [0.2, 0.25) is 0 Å². The highest BCUT2D eigenvalue weighted by molar-refractivity contribution is 5.97. The number of hydrogen-bond acceptors (Lipinski definition) is 9. The van der Waals surface area contributed by atoms with Crippen LogP contribution in [0.25, 0.3) is 6.08 Å². The highest BCUT2D eigenvalue weighted by Gasteiger charge is 2.45. The Morgan fingerprint density at radius 1 is 1.10 bits per heavy atom. The molecule has 2 aromatic carbocycles. The number of fused-ring (bicyclic) bond motifs is 2. The second-order valence-electron chi connectivity index (χ2n) is 10.3. The summed E-state index contributed by atoms with van der Waals surface area (Å²) < 4.78 is 34.8. The summed E-state index contributed by atoms with van der Waals surface area (Å²) in [6.07, 6.45) is 5.08. The molecule has 0 aliphatic carbocycles. The van der Waals surface area contributed by atoms with E-state index in [9.17, 15) is 14.7 Å². The second-order valence-corrected chi connectivity index (χ2v) is 10.3. The van der Waals surface area contributed by atoms with Gasteiger partial charge in [-0.3, -0.25) is 0 Å². The van der Waals surface area contributed by atoms with Crippen molar-refractivity contribution in [3.05, 3.63) is 77.4 Å². The number of benzene rings is 2. The number of rotatable bonds is 5. The predicted molar refractivity (Wildman–Crippen MR) is 147 cm³/mol. The molecule has 2 aliphatic rings. The smallest absolute Gasteiger partial charge is 0.342 e. The number of phenols is 1. The Morgan fingerprint density at radius 2 is 1.85 bits per heavy atom. The van der Waals surface area contributed by atoms with E-state index in [0.29, 0.717) is 17.5 Å². The largest absolute Gasteiger partial charge is 0.508 e. The number of ether oxygens (including phenoxy) is 6. The summed E-state index contributed by atoms with van der Waals surface area (Å²) in [7, 11) is 1.46. The Balaban J connectivity index is 1.73. The van der Waals surface area contributed by atoms with Gasteiger partial charge in [0, 0.05) is 19.1 Å². The second kappa shape index (κ2) is 12.7. The molecular weight excluding hydrogens is 516 g/mol. The Bertz CT molecular complexity index is 1250. The van der Waals surface area contributed by atoms with Gasteiger partial charge in [0.25, 0.3) is 0 Å². The molecule has 4 rings (SSSR count). The van der Waals surface area contributed by atoms with Gasteiger partial charge in [-0.2, -0.15) is 0 Å². The van der Waals surface area contributed by atoms with Crippen LogP contribution < -0.4 is 4.74 Å². The van der Waals surface area contributed by atoms with E-state index in [2.05, 4.69) is 0 Å². The molecule has 0 amide bonds. The fourth-order valence-electron chi connectivity index (χ4n) is 4.62. The molecule has 0 radical (unpaired) electrons. The molecule has 1 unspecified atom stereocenters. The number of cyclic esters (lactones) is 1. The average Bonchev–Trinajstić information content (AvgIpc) is 3.22. The molecule has 0 bridgehead atoms. The van der Waals surface area contributed by atoms with Gasteiger partial charge in [-0.15, -0.1) is 0 Å². The minimum atomic E-state index is -0.919. The van der Waals surface area contributed by atoms with E-state index in [1.54, 1.807) is 43.3 Å². The summed E-state index contributed by atoms with van der Waals surface area (Å²) in [5, 5.41) is 10.3. The number of esters is 2. The van der Waals surface area contributed by atoms with Crippen molar-refractivity contribution in [2.75, 3.05) is 13.9 Å². The molecule has 0 spiro atoms. The van der Waals surface area contributed by atoms with Crippen molar-refractivity contribution in [3.63, 3.8) is 0 Å². The summed E-state index contributed by atoms with van der Waals surface area (Å²) in [5.74, 6) is -2.21.